The molecule has 0 radical (unpaired) electrons. The second kappa shape index (κ2) is 15.1. The van der Waals surface area contributed by atoms with Gasteiger partial charge in [0.15, 0.2) is 0 Å². The van der Waals surface area contributed by atoms with Crippen molar-refractivity contribution in [2.45, 2.75) is 5.41 Å². The molecule has 296 valence electrons. The first kappa shape index (κ1) is 36.6. The molecule has 0 saturated heterocycles. The Hall–Kier alpha value is -8.20. The SMILES string of the molecule is c1ccc(N(c2cccc(N(c3ccccc3)c3ccc4c5ccccc5c5ccccc5c4c3)c2)c2cccc(C3(c4ccccc4)c4ccccc4-c4ccccc43)c2)cc1. The molecule has 0 atom stereocenters. The summed E-state index contributed by atoms with van der Waals surface area (Å²) < 4.78 is 0. The highest BCUT2D eigenvalue weighted by molar-refractivity contribution is 6.25. The molecule has 2 heteroatoms. The summed E-state index contributed by atoms with van der Waals surface area (Å²) in [5.74, 6) is 0. The lowest BCUT2D eigenvalue weighted by atomic mass is 9.67. The molecule has 0 aromatic heterocycles. The van der Waals surface area contributed by atoms with Crippen molar-refractivity contribution in [3.05, 3.63) is 277 Å². The molecular formula is C61H42N2. The molecule has 0 saturated carbocycles. The van der Waals surface area contributed by atoms with Crippen molar-refractivity contribution in [2.24, 2.45) is 0 Å². The van der Waals surface area contributed by atoms with Crippen LogP contribution in [0.1, 0.15) is 22.3 Å². The minimum Gasteiger partial charge on any atom is -0.310 e. The summed E-state index contributed by atoms with van der Waals surface area (Å²) in [4.78, 5) is 4.80. The van der Waals surface area contributed by atoms with Gasteiger partial charge in [0.1, 0.15) is 0 Å². The van der Waals surface area contributed by atoms with Gasteiger partial charge in [-0.3, -0.25) is 0 Å². The lowest BCUT2D eigenvalue weighted by molar-refractivity contribution is 0.768. The molecular weight excluding hydrogens is 761 g/mol. The van der Waals surface area contributed by atoms with Gasteiger partial charge >= 0.3 is 0 Å². The fraction of sp³-hybridized carbons (Fsp3) is 0.0164. The van der Waals surface area contributed by atoms with Crippen LogP contribution in [0, 0.1) is 0 Å². The van der Waals surface area contributed by atoms with Gasteiger partial charge in [-0.05, 0) is 132 Å². The van der Waals surface area contributed by atoms with Gasteiger partial charge in [-0.2, -0.15) is 0 Å². The Balaban J connectivity index is 1.05. The maximum atomic E-state index is 2.42. The van der Waals surface area contributed by atoms with Crippen molar-refractivity contribution in [3.63, 3.8) is 0 Å². The van der Waals surface area contributed by atoms with Crippen LogP contribution in [0.5, 0.6) is 0 Å². The van der Waals surface area contributed by atoms with Gasteiger partial charge in [0.05, 0.1) is 5.41 Å². The van der Waals surface area contributed by atoms with Crippen molar-refractivity contribution in [2.75, 3.05) is 9.80 Å². The van der Waals surface area contributed by atoms with E-state index in [4.69, 9.17) is 0 Å². The number of benzene rings is 11. The number of hydrogen-bond donors (Lipinski definition) is 0. The third-order valence-corrected chi connectivity index (χ3v) is 13.1. The first-order valence-electron chi connectivity index (χ1n) is 21.8. The van der Waals surface area contributed by atoms with Crippen LogP contribution in [0.3, 0.4) is 0 Å². The fourth-order valence-corrected chi connectivity index (χ4v) is 10.4. The highest BCUT2D eigenvalue weighted by Crippen LogP contribution is 2.56. The van der Waals surface area contributed by atoms with Crippen LogP contribution in [0.15, 0.2) is 255 Å². The summed E-state index contributed by atoms with van der Waals surface area (Å²) in [5, 5.41) is 7.57. The van der Waals surface area contributed by atoms with Crippen LogP contribution in [0.4, 0.5) is 34.1 Å². The van der Waals surface area contributed by atoms with E-state index in [1.54, 1.807) is 0 Å². The van der Waals surface area contributed by atoms with Crippen molar-refractivity contribution >= 4 is 66.4 Å². The van der Waals surface area contributed by atoms with Crippen LogP contribution in [-0.2, 0) is 5.41 Å². The molecule has 0 spiro atoms. The molecule has 0 N–H and O–H groups in total. The van der Waals surface area contributed by atoms with E-state index in [1.807, 2.05) is 0 Å². The summed E-state index contributed by atoms with van der Waals surface area (Å²) in [6, 6.07) is 93.2. The fourth-order valence-electron chi connectivity index (χ4n) is 10.4. The van der Waals surface area contributed by atoms with E-state index >= 15 is 0 Å². The highest BCUT2D eigenvalue weighted by Gasteiger charge is 2.46. The standard InChI is InChI=1S/C61H42N2/c1-4-20-43(21-5-1)61(59-36-16-14-34-56(59)57-35-15-17-37-60(57)61)44-22-18-27-47(40-44)62(45-23-6-2-7-24-45)48-28-19-29-49(41-48)63(46-25-8-3-9-26-46)50-38-39-55-53-32-11-10-30-51(53)52-31-12-13-33-54(52)58(55)42-50/h1-42H. The second-order valence-electron chi connectivity index (χ2n) is 16.4. The van der Waals surface area contributed by atoms with Crippen LogP contribution in [0.2, 0.25) is 0 Å². The van der Waals surface area contributed by atoms with Crippen molar-refractivity contribution in [3.8, 4) is 11.1 Å². The largest absolute Gasteiger partial charge is 0.310 e. The normalized spacial score (nSPS) is 12.6. The molecule has 2 nitrogen and oxygen atoms in total. The average Bonchev–Trinajstić information content (AvgIpc) is 3.66. The summed E-state index contributed by atoms with van der Waals surface area (Å²) in [6.45, 7) is 0. The second-order valence-corrected chi connectivity index (χ2v) is 16.4. The third-order valence-electron chi connectivity index (χ3n) is 13.1. The summed E-state index contributed by atoms with van der Waals surface area (Å²) in [7, 11) is 0. The van der Waals surface area contributed by atoms with Crippen LogP contribution in [0.25, 0.3) is 43.4 Å². The lowest BCUT2D eigenvalue weighted by Crippen LogP contribution is -2.28. The van der Waals surface area contributed by atoms with Crippen LogP contribution < -0.4 is 9.80 Å². The number of rotatable bonds is 8. The quantitative estimate of drug-likeness (QED) is 0.141. The van der Waals surface area contributed by atoms with Gasteiger partial charge in [-0.25, -0.2) is 0 Å². The van der Waals surface area contributed by atoms with Gasteiger partial charge in [-0.15, -0.1) is 0 Å². The summed E-state index contributed by atoms with van der Waals surface area (Å²) in [5.41, 5.74) is 13.6. The van der Waals surface area contributed by atoms with Gasteiger partial charge in [0.2, 0.25) is 0 Å². The molecule has 0 aliphatic heterocycles. The molecule has 1 aliphatic carbocycles. The first-order chi connectivity index (χ1) is 31.3. The lowest BCUT2D eigenvalue weighted by Gasteiger charge is -2.35. The Kier molecular flexibility index (Phi) is 8.76. The molecule has 12 rings (SSSR count). The molecule has 11 aromatic rings. The third kappa shape index (κ3) is 5.87. The number of anilines is 6. The van der Waals surface area contributed by atoms with Crippen molar-refractivity contribution in [1.29, 1.82) is 0 Å². The topological polar surface area (TPSA) is 6.48 Å². The number of hydrogen-bond acceptors (Lipinski definition) is 2. The average molecular weight is 803 g/mol. The maximum Gasteiger partial charge on any atom is 0.0714 e. The van der Waals surface area contributed by atoms with Crippen molar-refractivity contribution < 1.29 is 0 Å². The minimum atomic E-state index is -0.510. The van der Waals surface area contributed by atoms with E-state index in [9.17, 15) is 0 Å². The van der Waals surface area contributed by atoms with Gasteiger partial charge in [0, 0.05) is 34.1 Å². The maximum absolute atomic E-state index is 2.42. The molecule has 0 heterocycles. The van der Waals surface area contributed by atoms with E-state index in [-0.39, 0.29) is 0 Å². The molecule has 0 unspecified atom stereocenters. The Morgan fingerprint density at radius 2 is 0.587 bits per heavy atom. The summed E-state index contributed by atoms with van der Waals surface area (Å²) in [6.07, 6.45) is 0. The molecule has 0 bridgehead atoms. The zero-order chi connectivity index (χ0) is 41.7. The molecule has 63 heavy (non-hydrogen) atoms. The monoisotopic (exact) mass is 802 g/mol. The number of nitrogens with zero attached hydrogens (tertiary/aromatic N) is 2. The van der Waals surface area contributed by atoms with E-state index in [1.165, 1.54) is 65.7 Å². The van der Waals surface area contributed by atoms with E-state index in [2.05, 4.69) is 265 Å². The summed E-state index contributed by atoms with van der Waals surface area (Å²) >= 11 is 0. The smallest absolute Gasteiger partial charge is 0.0714 e. The Morgan fingerprint density at radius 3 is 1.13 bits per heavy atom. The Bertz CT molecular complexity index is 3390. The van der Waals surface area contributed by atoms with E-state index in [0.717, 1.165) is 34.1 Å². The Morgan fingerprint density at radius 1 is 0.222 bits per heavy atom. The van der Waals surface area contributed by atoms with E-state index < -0.39 is 5.41 Å². The van der Waals surface area contributed by atoms with Gasteiger partial charge < -0.3 is 9.80 Å². The van der Waals surface area contributed by atoms with Gasteiger partial charge in [-0.1, -0.05) is 188 Å². The van der Waals surface area contributed by atoms with Crippen molar-refractivity contribution in [1.82, 2.24) is 0 Å². The molecule has 0 fully saturated rings. The predicted octanol–water partition coefficient (Wildman–Crippen LogP) is 16.4. The number of para-hydroxylation sites is 2. The van der Waals surface area contributed by atoms with Gasteiger partial charge in [0.25, 0.3) is 0 Å². The molecule has 0 amide bonds. The molecule has 1 aliphatic rings. The van der Waals surface area contributed by atoms with E-state index in [0.29, 0.717) is 0 Å². The highest BCUT2D eigenvalue weighted by atomic mass is 15.2. The predicted molar refractivity (Wildman–Crippen MR) is 266 cm³/mol. The van der Waals surface area contributed by atoms with Crippen LogP contribution in [-0.4, -0.2) is 0 Å². The minimum absolute atomic E-state index is 0.510. The first-order valence-corrected chi connectivity index (χ1v) is 21.8. The Labute approximate surface area is 368 Å². The van der Waals surface area contributed by atoms with Crippen LogP contribution >= 0.6 is 0 Å². The zero-order valence-electron chi connectivity index (χ0n) is 34.6. The molecule has 11 aromatic carbocycles. The number of fused-ring (bicyclic) bond motifs is 9. The zero-order valence-corrected chi connectivity index (χ0v) is 34.6.